The second-order valence-electron chi connectivity index (χ2n) is 3.84. The minimum absolute atomic E-state index is 0.209. The molecule has 0 unspecified atom stereocenters. The lowest BCUT2D eigenvalue weighted by Gasteiger charge is -2.33. The van der Waals surface area contributed by atoms with Crippen molar-refractivity contribution in [3.63, 3.8) is 0 Å². The molecule has 88 valence electrons. The fourth-order valence-electron chi connectivity index (χ4n) is 1.97. The smallest absolute Gasteiger partial charge is 0.111 e. The van der Waals surface area contributed by atoms with Gasteiger partial charge in [-0.05, 0) is 28.1 Å². The molecule has 0 aromatic carbocycles. The van der Waals surface area contributed by atoms with Crippen LogP contribution in [-0.4, -0.2) is 42.7 Å². The fraction of sp³-hybridized carbons (Fsp3) is 0.545. The average molecular weight is 288 g/mol. The highest BCUT2D eigenvalue weighted by Crippen LogP contribution is 2.21. The van der Waals surface area contributed by atoms with Gasteiger partial charge in [-0.25, -0.2) is 9.37 Å². The first-order valence-corrected chi connectivity index (χ1v) is 6.24. The van der Waals surface area contributed by atoms with E-state index >= 15 is 0 Å². The Labute approximate surface area is 103 Å². The summed E-state index contributed by atoms with van der Waals surface area (Å²) in [5, 5.41) is 3.26. The Kier molecular flexibility index (Phi) is 4.26. The summed E-state index contributed by atoms with van der Waals surface area (Å²) in [5.74, 6) is 0. The van der Waals surface area contributed by atoms with Crippen LogP contribution in [0.4, 0.5) is 4.39 Å². The van der Waals surface area contributed by atoms with Gasteiger partial charge >= 0.3 is 0 Å². The first-order valence-electron chi connectivity index (χ1n) is 5.44. The summed E-state index contributed by atoms with van der Waals surface area (Å²) in [5.41, 5.74) is 0.804. The lowest BCUT2D eigenvalue weighted by Crippen LogP contribution is -2.45. The maximum absolute atomic E-state index is 13.1. The third-order valence-corrected chi connectivity index (χ3v) is 3.26. The molecule has 0 saturated carbocycles. The van der Waals surface area contributed by atoms with Crippen LogP contribution < -0.4 is 5.32 Å². The van der Waals surface area contributed by atoms with Gasteiger partial charge in [-0.15, -0.1) is 0 Å². The number of piperazine rings is 1. The molecule has 1 atom stereocenters. The molecule has 0 aliphatic carbocycles. The predicted octanol–water partition coefficient (Wildman–Crippen LogP) is 1.76. The van der Waals surface area contributed by atoms with Gasteiger partial charge in [0, 0.05) is 26.2 Å². The van der Waals surface area contributed by atoms with Gasteiger partial charge < -0.3 is 5.32 Å². The standard InChI is InChI=1S/C11H15BrFN3/c12-11-3-1-2-9(15-11)10(8-13)16-6-4-14-5-7-16/h1-3,10,14H,4-8H2/t10-/m1/s1. The lowest BCUT2D eigenvalue weighted by atomic mass is 10.1. The Morgan fingerprint density at radius 2 is 2.19 bits per heavy atom. The third kappa shape index (κ3) is 2.78. The van der Waals surface area contributed by atoms with E-state index in [0.29, 0.717) is 0 Å². The maximum Gasteiger partial charge on any atom is 0.111 e. The van der Waals surface area contributed by atoms with E-state index in [-0.39, 0.29) is 12.7 Å². The molecule has 1 saturated heterocycles. The first-order chi connectivity index (χ1) is 7.81. The zero-order valence-electron chi connectivity index (χ0n) is 9.00. The van der Waals surface area contributed by atoms with Crippen LogP contribution in [0, 0.1) is 0 Å². The lowest BCUT2D eigenvalue weighted by molar-refractivity contribution is 0.144. The van der Waals surface area contributed by atoms with Gasteiger partial charge in [0.2, 0.25) is 0 Å². The van der Waals surface area contributed by atoms with Gasteiger partial charge in [-0.1, -0.05) is 6.07 Å². The number of hydrogen-bond donors (Lipinski definition) is 1. The van der Waals surface area contributed by atoms with Crippen molar-refractivity contribution < 1.29 is 4.39 Å². The maximum atomic E-state index is 13.1. The molecule has 1 aromatic rings. The molecular weight excluding hydrogens is 273 g/mol. The number of rotatable bonds is 3. The van der Waals surface area contributed by atoms with E-state index in [0.717, 1.165) is 36.5 Å². The Hall–Kier alpha value is -0.520. The zero-order chi connectivity index (χ0) is 11.4. The summed E-state index contributed by atoms with van der Waals surface area (Å²) in [6, 6.07) is 5.44. The van der Waals surface area contributed by atoms with E-state index in [2.05, 4.69) is 31.1 Å². The minimum Gasteiger partial charge on any atom is -0.314 e. The predicted molar refractivity (Wildman–Crippen MR) is 65.1 cm³/mol. The number of alkyl halides is 1. The second-order valence-corrected chi connectivity index (χ2v) is 4.65. The number of nitrogens with zero attached hydrogens (tertiary/aromatic N) is 2. The number of nitrogens with one attached hydrogen (secondary N) is 1. The molecule has 16 heavy (non-hydrogen) atoms. The molecule has 2 rings (SSSR count). The molecular formula is C11H15BrFN3. The minimum atomic E-state index is -0.385. The Balaban J connectivity index is 2.14. The molecule has 0 spiro atoms. The monoisotopic (exact) mass is 287 g/mol. The van der Waals surface area contributed by atoms with Crippen molar-refractivity contribution >= 4 is 15.9 Å². The van der Waals surface area contributed by atoms with E-state index in [1.807, 2.05) is 18.2 Å². The summed E-state index contributed by atoms with van der Waals surface area (Å²) < 4.78 is 13.9. The van der Waals surface area contributed by atoms with E-state index in [1.54, 1.807) is 0 Å². The number of halogens is 2. The largest absolute Gasteiger partial charge is 0.314 e. The Morgan fingerprint density at radius 1 is 1.44 bits per heavy atom. The van der Waals surface area contributed by atoms with Gasteiger partial charge in [0.05, 0.1) is 11.7 Å². The first kappa shape index (κ1) is 12.0. The van der Waals surface area contributed by atoms with Crippen LogP contribution in [-0.2, 0) is 0 Å². The van der Waals surface area contributed by atoms with Gasteiger partial charge in [0.15, 0.2) is 0 Å². The van der Waals surface area contributed by atoms with Crippen molar-refractivity contribution in [2.75, 3.05) is 32.9 Å². The fourth-order valence-corrected chi connectivity index (χ4v) is 2.32. The van der Waals surface area contributed by atoms with E-state index in [4.69, 9.17) is 0 Å². The second kappa shape index (κ2) is 5.70. The van der Waals surface area contributed by atoms with Crippen molar-refractivity contribution in [2.45, 2.75) is 6.04 Å². The van der Waals surface area contributed by atoms with E-state index in [1.165, 1.54) is 0 Å². The molecule has 0 radical (unpaired) electrons. The van der Waals surface area contributed by atoms with Crippen molar-refractivity contribution in [1.82, 2.24) is 15.2 Å². The van der Waals surface area contributed by atoms with Crippen LogP contribution in [0.3, 0.4) is 0 Å². The van der Waals surface area contributed by atoms with Gasteiger partial charge in [-0.3, -0.25) is 4.90 Å². The molecule has 1 N–H and O–H groups in total. The molecule has 3 nitrogen and oxygen atoms in total. The van der Waals surface area contributed by atoms with Crippen molar-refractivity contribution in [3.8, 4) is 0 Å². The summed E-state index contributed by atoms with van der Waals surface area (Å²) in [4.78, 5) is 6.48. The topological polar surface area (TPSA) is 28.2 Å². The highest BCUT2D eigenvalue weighted by atomic mass is 79.9. The normalized spacial score (nSPS) is 19.6. The molecule has 2 heterocycles. The van der Waals surface area contributed by atoms with Gasteiger partial charge in [-0.2, -0.15) is 0 Å². The molecule has 5 heteroatoms. The molecule has 0 amide bonds. The van der Waals surface area contributed by atoms with E-state index < -0.39 is 0 Å². The van der Waals surface area contributed by atoms with Gasteiger partial charge in [0.25, 0.3) is 0 Å². The highest BCUT2D eigenvalue weighted by molar-refractivity contribution is 9.10. The summed E-state index contributed by atoms with van der Waals surface area (Å²) in [6.07, 6.45) is 0. The highest BCUT2D eigenvalue weighted by Gasteiger charge is 2.23. The molecule has 1 aliphatic heterocycles. The van der Waals surface area contributed by atoms with Crippen molar-refractivity contribution in [3.05, 3.63) is 28.5 Å². The van der Waals surface area contributed by atoms with Crippen LogP contribution >= 0.6 is 15.9 Å². The van der Waals surface area contributed by atoms with Crippen molar-refractivity contribution in [1.29, 1.82) is 0 Å². The average Bonchev–Trinajstić information content (AvgIpc) is 2.31. The molecule has 1 aromatic heterocycles. The molecule has 1 aliphatic rings. The van der Waals surface area contributed by atoms with Crippen LogP contribution in [0.15, 0.2) is 22.8 Å². The Bertz CT molecular complexity index is 342. The molecule has 0 bridgehead atoms. The van der Waals surface area contributed by atoms with Crippen LogP contribution in [0.2, 0.25) is 0 Å². The van der Waals surface area contributed by atoms with Crippen molar-refractivity contribution in [2.24, 2.45) is 0 Å². The SMILES string of the molecule is FC[C@H](c1cccc(Br)n1)N1CCNCC1. The number of aromatic nitrogens is 1. The zero-order valence-corrected chi connectivity index (χ0v) is 10.6. The quantitative estimate of drug-likeness (QED) is 0.859. The van der Waals surface area contributed by atoms with Gasteiger partial charge in [0.1, 0.15) is 11.3 Å². The summed E-state index contributed by atoms with van der Waals surface area (Å²) in [6.45, 7) is 3.21. The Morgan fingerprint density at radius 3 is 2.81 bits per heavy atom. The molecule has 1 fully saturated rings. The number of pyridine rings is 1. The van der Waals surface area contributed by atoms with Crippen LogP contribution in [0.1, 0.15) is 11.7 Å². The number of hydrogen-bond acceptors (Lipinski definition) is 3. The van der Waals surface area contributed by atoms with E-state index in [9.17, 15) is 4.39 Å². The third-order valence-electron chi connectivity index (χ3n) is 2.82. The van der Waals surface area contributed by atoms with Crippen LogP contribution in [0.5, 0.6) is 0 Å². The van der Waals surface area contributed by atoms with Crippen LogP contribution in [0.25, 0.3) is 0 Å². The summed E-state index contributed by atoms with van der Waals surface area (Å²) >= 11 is 3.32. The summed E-state index contributed by atoms with van der Waals surface area (Å²) in [7, 11) is 0.